The van der Waals surface area contributed by atoms with Crippen LogP contribution in [0.15, 0.2) is 35.1 Å². The summed E-state index contributed by atoms with van der Waals surface area (Å²) in [6.45, 7) is 2.72. The van der Waals surface area contributed by atoms with Crippen LogP contribution in [0.25, 0.3) is 0 Å². The van der Waals surface area contributed by atoms with Gasteiger partial charge in [-0.2, -0.15) is 0 Å². The molecule has 1 aliphatic carbocycles. The summed E-state index contributed by atoms with van der Waals surface area (Å²) in [5.74, 6) is 1.89. The quantitative estimate of drug-likeness (QED) is 0.772. The summed E-state index contributed by atoms with van der Waals surface area (Å²) in [5, 5.41) is 0. The van der Waals surface area contributed by atoms with Gasteiger partial charge in [0.15, 0.2) is 6.29 Å². The molecule has 4 nitrogen and oxygen atoms in total. The highest BCUT2D eigenvalue weighted by Gasteiger charge is 2.31. The van der Waals surface area contributed by atoms with Crippen LogP contribution >= 0.6 is 0 Å². The normalized spacial score (nSPS) is 14.4. The largest absolute Gasteiger partial charge is 0.467 e. The maximum absolute atomic E-state index is 10.8. The number of anilines is 1. The fourth-order valence-corrected chi connectivity index (χ4v) is 2.29. The van der Waals surface area contributed by atoms with Crippen LogP contribution in [-0.4, -0.2) is 17.3 Å². The summed E-state index contributed by atoms with van der Waals surface area (Å²) >= 11 is 0. The molecule has 0 saturated heterocycles. The molecule has 1 saturated carbocycles. The predicted molar refractivity (Wildman–Crippen MR) is 72.3 cm³/mol. The van der Waals surface area contributed by atoms with Gasteiger partial charge in [-0.1, -0.05) is 0 Å². The van der Waals surface area contributed by atoms with Crippen molar-refractivity contribution in [1.82, 2.24) is 4.98 Å². The Morgan fingerprint density at radius 3 is 2.95 bits per heavy atom. The van der Waals surface area contributed by atoms with E-state index >= 15 is 0 Å². The van der Waals surface area contributed by atoms with Crippen molar-refractivity contribution < 1.29 is 9.21 Å². The molecule has 0 atom stereocenters. The van der Waals surface area contributed by atoms with Gasteiger partial charge in [0.2, 0.25) is 0 Å². The van der Waals surface area contributed by atoms with Crippen LogP contribution in [-0.2, 0) is 6.54 Å². The highest BCUT2D eigenvalue weighted by molar-refractivity contribution is 5.75. The Kier molecular flexibility index (Phi) is 3.07. The van der Waals surface area contributed by atoms with Gasteiger partial charge in [0.05, 0.1) is 12.8 Å². The maximum atomic E-state index is 10.8. The molecule has 2 heterocycles. The number of nitrogens with zero attached hydrogens (tertiary/aromatic N) is 2. The molecule has 0 amide bonds. The smallest absolute Gasteiger partial charge is 0.151 e. The third kappa shape index (κ3) is 2.52. The fourth-order valence-electron chi connectivity index (χ4n) is 2.29. The van der Waals surface area contributed by atoms with E-state index in [1.54, 1.807) is 12.5 Å². The predicted octanol–water partition coefficient (Wildman–Crippen LogP) is 2.96. The van der Waals surface area contributed by atoms with Crippen LogP contribution in [0.2, 0.25) is 0 Å². The molecule has 0 aliphatic heterocycles. The molecule has 19 heavy (non-hydrogen) atoms. The molecule has 2 aromatic rings. The van der Waals surface area contributed by atoms with Gasteiger partial charge < -0.3 is 9.32 Å². The van der Waals surface area contributed by atoms with E-state index in [1.165, 1.54) is 12.8 Å². The molecule has 0 bridgehead atoms. The lowest BCUT2D eigenvalue weighted by molar-refractivity contribution is 0.112. The number of carbonyl (C=O) groups excluding carboxylic acids is 1. The number of rotatable bonds is 5. The zero-order valence-electron chi connectivity index (χ0n) is 10.9. The van der Waals surface area contributed by atoms with E-state index in [1.807, 2.05) is 25.1 Å². The van der Waals surface area contributed by atoms with Crippen LogP contribution in [0, 0.1) is 6.92 Å². The van der Waals surface area contributed by atoms with Crippen molar-refractivity contribution in [3.05, 3.63) is 47.5 Å². The number of hydrogen-bond donors (Lipinski definition) is 0. The van der Waals surface area contributed by atoms with Gasteiger partial charge in [0, 0.05) is 17.8 Å². The summed E-state index contributed by atoms with van der Waals surface area (Å²) in [5.41, 5.74) is 1.65. The zero-order valence-corrected chi connectivity index (χ0v) is 10.9. The summed E-state index contributed by atoms with van der Waals surface area (Å²) in [4.78, 5) is 17.5. The first-order chi connectivity index (χ1) is 9.28. The second kappa shape index (κ2) is 4.88. The van der Waals surface area contributed by atoms with Crippen molar-refractivity contribution in [3.63, 3.8) is 0 Å². The first-order valence-corrected chi connectivity index (χ1v) is 6.49. The van der Waals surface area contributed by atoms with Crippen LogP contribution in [0.5, 0.6) is 0 Å². The Morgan fingerprint density at radius 1 is 1.53 bits per heavy atom. The van der Waals surface area contributed by atoms with E-state index in [0.717, 1.165) is 30.0 Å². The number of aryl methyl sites for hydroxylation is 1. The molecule has 0 N–H and O–H groups in total. The molecule has 0 spiro atoms. The van der Waals surface area contributed by atoms with E-state index in [-0.39, 0.29) is 0 Å². The molecule has 0 unspecified atom stereocenters. The Hall–Kier alpha value is -2.10. The van der Waals surface area contributed by atoms with E-state index in [9.17, 15) is 4.79 Å². The SMILES string of the molecule is Cc1cc(C=O)cnc1N(Cc1ccco1)C1CC1. The topological polar surface area (TPSA) is 46.3 Å². The van der Waals surface area contributed by atoms with Crippen molar-refractivity contribution in [2.45, 2.75) is 32.4 Å². The van der Waals surface area contributed by atoms with E-state index in [4.69, 9.17) is 4.42 Å². The minimum atomic E-state index is 0.540. The summed E-state index contributed by atoms with van der Waals surface area (Å²) in [6.07, 6.45) is 6.54. The van der Waals surface area contributed by atoms with Crippen LogP contribution in [0.4, 0.5) is 5.82 Å². The van der Waals surface area contributed by atoms with Gasteiger partial charge in [-0.25, -0.2) is 4.98 Å². The maximum Gasteiger partial charge on any atom is 0.151 e. The number of pyridine rings is 1. The van der Waals surface area contributed by atoms with Gasteiger partial charge in [0.1, 0.15) is 11.6 Å². The molecular weight excluding hydrogens is 240 g/mol. The first-order valence-electron chi connectivity index (χ1n) is 6.49. The third-order valence-electron chi connectivity index (χ3n) is 3.37. The minimum absolute atomic E-state index is 0.540. The van der Waals surface area contributed by atoms with Crippen molar-refractivity contribution in [2.24, 2.45) is 0 Å². The highest BCUT2D eigenvalue weighted by atomic mass is 16.3. The lowest BCUT2D eigenvalue weighted by atomic mass is 10.2. The van der Waals surface area contributed by atoms with Gasteiger partial charge in [-0.3, -0.25) is 4.79 Å². The summed E-state index contributed by atoms with van der Waals surface area (Å²) < 4.78 is 5.42. The number of furan rings is 1. The lowest BCUT2D eigenvalue weighted by Crippen LogP contribution is -2.26. The molecule has 98 valence electrons. The average Bonchev–Trinajstić information content (AvgIpc) is 3.14. The summed E-state index contributed by atoms with van der Waals surface area (Å²) in [6, 6.07) is 6.30. The molecule has 1 aliphatic rings. The summed E-state index contributed by atoms with van der Waals surface area (Å²) in [7, 11) is 0. The second-order valence-corrected chi connectivity index (χ2v) is 4.97. The minimum Gasteiger partial charge on any atom is -0.467 e. The third-order valence-corrected chi connectivity index (χ3v) is 3.37. The molecule has 4 heteroatoms. The van der Waals surface area contributed by atoms with Crippen molar-refractivity contribution >= 4 is 12.1 Å². The molecule has 3 rings (SSSR count). The second-order valence-electron chi connectivity index (χ2n) is 4.97. The first kappa shape index (κ1) is 12.0. The van der Waals surface area contributed by atoms with E-state index in [2.05, 4.69) is 9.88 Å². The highest BCUT2D eigenvalue weighted by Crippen LogP contribution is 2.33. The van der Waals surface area contributed by atoms with Gasteiger partial charge in [0.25, 0.3) is 0 Å². The monoisotopic (exact) mass is 256 g/mol. The molecular formula is C15H16N2O2. The fraction of sp³-hybridized carbons (Fsp3) is 0.333. The molecule has 1 fully saturated rings. The number of hydrogen-bond acceptors (Lipinski definition) is 4. The van der Waals surface area contributed by atoms with Crippen molar-refractivity contribution in [2.75, 3.05) is 4.90 Å². The number of carbonyl (C=O) groups is 1. The molecule has 0 radical (unpaired) electrons. The van der Waals surface area contributed by atoms with Crippen LogP contribution < -0.4 is 4.90 Å². The molecule has 0 aromatic carbocycles. The molecule has 2 aromatic heterocycles. The van der Waals surface area contributed by atoms with Gasteiger partial charge >= 0.3 is 0 Å². The zero-order chi connectivity index (χ0) is 13.2. The number of aromatic nitrogens is 1. The Labute approximate surface area is 112 Å². The van der Waals surface area contributed by atoms with Gasteiger partial charge in [-0.15, -0.1) is 0 Å². The van der Waals surface area contributed by atoms with Crippen LogP contribution in [0.3, 0.4) is 0 Å². The Balaban J connectivity index is 1.89. The Bertz CT molecular complexity index is 574. The van der Waals surface area contributed by atoms with Gasteiger partial charge in [-0.05, 0) is 43.5 Å². The van der Waals surface area contributed by atoms with Crippen molar-refractivity contribution in [1.29, 1.82) is 0 Å². The van der Waals surface area contributed by atoms with E-state index in [0.29, 0.717) is 11.6 Å². The Morgan fingerprint density at radius 2 is 2.37 bits per heavy atom. The average molecular weight is 256 g/mol. The number of aldehydes is 1. The van der Waals surface area contributed by atoms with Crippen LogP contribution in [0.1, 0.15) is 34.5 Å². The lowest BCUT2D eigenvalue weighted by Gasteiger charge is -2.24. The van der Waals surface area contributed by atoms with E-state index < -0.39 is 0 Å². The van der Waals surface area contributed by atoms with Crippen molar-refractivity contribution in [3.8, 4) is 0 Å². The standard InChI is InChI=1S/C15H16N2O2/c1-11-7-12(10-18)8-16-15(11)17(13-4-5-13)9-14-3-2-6-19-14/h2-3,6-8,10,13H,4-5,9H2,1H3.